The number of nitro benzene ring substituents is 1. The van der Waals surface area contributed by atoms with E-state index in [9.17, 15) is 43.7 Å². The number of esters is 1. The molecule has 0 bridgehead atoms. The summed E-state index contributed by atoms with van der Waals surface area (Å²) in [7, 11) is 4.31. The van der Waals surface area contributed by atoms with E-state index in [0.29, 0.717) is 98.1 Å². The summed E-state index contributed by atoms with van der Waals surface area (Å²) >= 11 is 6.55. The minimum Gasteiger partial charge on any atom is -0.465 e. The first-order valence-corrected chi connectivity index (χ1v) is 27.2. The molecule has 0 fully saturated rings. The standard InChI is InChI=1S/C50H62ClN7O15S2/c1-6-7-15-55(17-24-74-75-50(3,4)28-40(60)53-14-19-70-21-23-71-22-20-69-18-13-52-39(59)12-16-56-41(61)10-11-42(56)62)49(65)73-37-27-35-44(45-43(48(64)68-5)31(2)54-46(37)45)33(29-51)30-57(35)47(63)38-26-32-25-34(58(66)67)8-9-36(32)72-38/h8-11,25-27,33,54H,6-7,12-24,28-30H2,1-5H3,(H,52,59)(H,53,60)/t33-/m1/s1. The number of ether oxygens (including phenoxy) is 5. The summed E-state index contributed by atoms with van der Waals surface area (Å²) in [4.78, 5) is 108. The van der Waals surface area contributed by atoms with Gasteiger partial charge in [0.25, 0.3) is 23.4 Å². The number of nitrogens with zero attached hydrogens (tertiary/aromatic N) is 4. The van der Waals surface area contributed by atoms with Crippen LogP contribution in [0.2, 0.25) is 0 Å². The molecule has 0 unspecified atom stereocenters. The highest BCUT2D eigenvalue weighted by Crippen LogP contribution is 2.48. The molecule has 0 radical (unpaired) electrons. The third-order valence-corrected chi connectivity index (χ3v) is 15.6. The molecule has 6 rings (SSSR count). The fourth-order valence-electron chi connectivity index (χ4n) is 8.32. The van der Waals surface area contributed by atoms with Gasteiger partial charge in [0.05, 0.1) is 68.4 Å². The zero-order chi connectivity index (χ0) is 54.2. The zero-order valence-corrected chi connectivity index (χ0v) is 44.8. The lowest BCUT2D eigenvalue weighted by atomic mass is 9.95. The number of nitro groups is 1. The number of unbranched alkanes of at least 4 members (excludes halogenated alkanes) is 1. The molecule has 2 aromatic heterocycles. The van der Waals surface area contributed by atoms with Gasteiger partial charge in [-0.05, 0) is 44.9 Å². The summed E-state index contributed by atoms with van der Waals surface area (Å²) in [5.74, 6) is -2.38. The fourth-order valence-corrected chi connectivity index (χ4v) is 11.1. The predicted octanol–water partition coefficient (Wildman–Crippen LogP) is 6.65. The number of fused-ring (bicyclic) bond motifs is 4. The number of hydrogen-bond acceptors (Lipinski definition) is 17. The van der Waals surface area contributed by atoms with Crippen molar-refractivity contribution in [2.45, 2.75) is 64.0 Å². The van der Waals surface area contributed by atoms with Crippen molar-refractivity contribution >= 4 is 108 Å². The van der Waals surface area contributed by atoms with Gasteiger partial charge >= 0.3 is 12.1 Å². The number of imide groups is 1. The molecule has 2 aliphatic heterocycles. The van der Waals surface area contributed by atoms with E-state index in [1.165, 1.54) is 70.0 Å². The SMILES string of the molecule is CCCCN(CCSSC(C)(C)CC(=O)NCCOCCOCCOCCNC(=O)CCN1C(=O)C=CC1=O)C(=O)Oc1cc2c(c3c(C(=O)OC)c(C)[nH]c13)[C@H](CCl)CN2C(=O)c1cc2cc([N+](=O)[O-])ccc2o1. The van der Waals surface area contributed by atoms with E-state index in [1.54, 1.807) is 17.9 Å². The molecule has 0 saturated carbocycles. The number of amides is 6. The van der Waals surface area contributed by atoms with Crippen molar-refractivity contribution in [3.63, 3.8) is 0 Å². The van der Waals surface area contributed by atoms with Crippen molar-refractivity contribution < 1.29 is 66.6 Å². The van der Waals surface area contributed by atoms with E-state index in [-0.39, 0.29) is 85.1 Å². The number of carbonyl (C=O) groups is 7. The first kappa shape index (κ1) is 58.1. The maximum Gasteiger partial charge on any atom is 0.415 e. The Morgan fingerprint density at radius 2 is 1.63 bits per heavy atom. The molecular formula is C50H62ClN7O15S2. The Hall–Kier alpha value is -6.18. The Morgan fingerprint density at radius 1 is 0.960 bits per heavy atom. The summed E-state index contributed by atoms with van der Waals surface area (Å²) in [5.41, 5.74) is 2.04. The van der Waals surface area contributed by atoms with Crippen LogP contribution in [0.1, 0.15) is 84.5 Å². The number of halogens is 1. The van der Waals surface area contributed by atoms with Gasteiger partial charge in [-0.2, -0.15) is 0 Å². The fraction of sp³-hybridized carbons (Fsp3) is 0.500. The second kappa shape index (κ2) is 27.6. The minimum absolute atomic E-state index is 0.00968. The molecule has 0 saturated heterocycles. The molecular weight excluding hydrogens is 1040 g/mol. The van der Waals surface area contributed by atoms with Gasteiger partial charge in [0, 0.05) is 121 Å². The van der Waals surface area contributed by atoms with Crippen LogP contribution in [-0.4, -0.2) is 164 Å². The number of carbonyl (C=O) groups excluding carboxylic acids is 7. The lowest BCUT2D eigenvalue weighted by Crippen LogP contribution is -2.36. The topological polar surface area (TPSA) is 271 Å². The van der Waals surface area contributed by atoms with E-state index >= 15 is 0 Å². The van der Waals surface area contributed by atoms with Gasteiger partial charge in [-0.15, -0.1) is 11.6 Å². The molecule has 3 N–H and O–H groups in total. The molecule has 0 aliphatic carbocycles. The Balaban J connectivity index is 0.949. The number of rotatable bonds is 30. The Morgan fingerprint density at radius 3 is 2.27 bits per heavy atom. The van der Waals surface area contributed by atoms with Crippen LogP contribution in [-0.2, 0) is 38.1 Å². The molecule has 2 aromatic carbocycles. The number of non-ortho nitro benzene ring substituents is 1. The number of methoxy groups -OCH3 is 1. The van der Waals surface area contributed by atoms with Gasteiger partial charge in [-0.3, -0.25) is 39.0 Å². The first-order valence-electron chi connectivity index (χ1n) is 24.4. The van der Waals surface area contributed by atoms with Crippen molar-refractivity contribution in [2.75, 3.05) is 103 Å². The van der Waals surface area contributed by atoms with Crippen LogP contribution in [0, 0.1) is 17.0 Å². The van der Waals surface area contributed by atoms with Gasteiger partial charge in [0.15, 0.2) is 11.5 Å². The van der Waals surface area contributed by atoms with Crippen molar-refractivity contribution in [1.82, 2.24) is 25.4 Å². The quantitative estimate of drug-likeness (QED) is 0.00938. The largest absolute Gasteiger partial charge is 0.465 e. The first-order chi connectivity index (χ1) is 36.0. The zero-order valence-electron chi connectivity index (χ0n) is 42.5. The van der Waals surface area contributed by atoms with Crippen LogP contribution in [0.25, 0.3) is 21.9 Å². The number of aromatic nitrogens is 1. The number of furan rings is 1. The Kier molecular flexibility index (Phi) is 21.3. The lowest BCUT2D eigenvalue weighted by molar-refractivity contribution is -0.384. The van der Waals surface area contributed by atoms with E-state index in [1.807, 2.05) is 20.8 Å². The third-order valence-electron chi connectivity index (χ3n) is 12.0. The highest BCUT2D eigenvalue weighted by atomic mass is 35.5. The van der Waals surface area contributed by atoms with Crippen molar-refractivity contribution in [2.24, 2.45) is 0 Å². The van der Waals surface area contributed by atoms with E-state index in [0.717, 1.165) is 11.3 Å². The molecule has 4 aromatic rings. The Labute approximate surface area is 445 Å². The normalized spacial score (nSPS) is 14.2. The highest BCUT2D eigenvalue weighted by Gasteiger charge is 2.39. The second-order valence-electron chi connectivity index (χ2n) is 18.0. The van der Waals surface area contributed by atoms with Crippen molar-refractivity contribution in [3.8, 4) is 5.75 Å². The smallest absolute Gasteiger partial charge is 0.415 e. The van der Waals surface area contributed by atoms with Crippen LogP contribution >= 0.6 is 33.2 Å². The number of H-pyrrole nitrogens is 1. The van der Waals surface area contributed by atoms with Gasteiger partial charge < -0.3 is 53.5 Å². The number of benzene rings is 2. The highest BCUT2D eigenvalue weighted by molar-refractivity contribution is 8.77. The second-order valence-corrected chi connectivity index (χ2v) is 21.5. The maximum atomic E-state index is 14.3. The van der Waals surface area contributed by atoms with E-state index < -0.39 is 45.4 Å². The third kappa shape index (κ3) is 15.5. The molecule has 22 nitrogen and oxygen atoms in total. The molecule has 2 aliphatic rings. The summed E-state index contributed by atoms with van der Waals surface area (Å²) in [5, 5.41) is 17.8. The van der Waals surface area contributed by atoms with Crippen LogP contribution < -0.4 is 20.3 Å². The van der Waals surface area contributed by atoms with Crippen LogP contribution in [0.5, 0.6) is 5.75 Å². The van der Waals surface area contributed by atoms with Crippen LogP contribution in [0.4, 0.5) is 16.2 Å². The Bertz CT molecular complexity index is 2760. The summed E-state index contributed by atoms with van der Waals surface area (Å²) in [6.45, 7) is 10.9. The average Bonchev–Trinajstić information content (AvgIpc) is 4.15. The average molecular weight is 1100 g/mol. The van der Waals surface area contributed by atoms with Gasteiger partial charge in [-0.1, -0.05) is 34.9 Å². The van der Waals surface area contributed by atoms with Crippen LogP contribution in [0.3, 0.4) is 0 Å². The molecule has 25 heteroatoms. The molecule has 1 atom stereocenters. The van der Waals surface area contributed by atoms with Gasteiger partial charge in [0.2, 0.25) is 11.8 Å². The molecule has 75 heavy (non-hydrogen) atoms. The number of anilines is 1. The van der Waals surface area contributed by atoms with E-state index in [4.69, 9.17) is 39.7 Å². The molecule has 4 heterocycles. The number of nitrogens with one attached hydrogen (secondary N) is 3. The molecule has 0 spiro atoms. The number of alkyl halides is 1. The molecule has 406 valence electrons. The maximum absolute atomic E-state index is 14.3. The molecule has 6 amide bonds. The minimum atomic E-state index is -0.646. The number of aryl methyl sites for hydroxylation is 1. The number of hydrogen-bond donors (Lipinski definition) is 3. The van der Waals surface area contributed by atoms with Crippen molar-refractivity contribution in [3.05, 3.63) is 75.2 Å². The van der Waals surface area contributed by atoms with Gasteiger partial charge in [0.1, 0.15) is 5.58 Å². The lowest BCUT2D eigenvalue weighted by Gasteiger charge is -2.25. The summed E-state index contributed by atoms with van der Waals surface area (Å²) < 4.78 is 33.3. The monoisotopic (exact) mass is 1100 g/mol. The van der Waals surface area contributed by atoms with Crippen molar-refractivity contribution in [1.29, 1.82) is 0 Å². The predicted molar refractivity (Wildman–Crippen MR) is 283 cm³/mol. The number of aromatic amines is 1. The summed E-state index contributed by atoms with van der Waals surface area (Å²) in [6, 6.07) is 7.03. The van der Waals surface area contributed by atoms with Gasteiger partial charge in [-0.25, -0.2) is 9.59 Å². The summed E-state index contributed by atoms with van der Waals surface area (Å²) in [6.07, 6.45) is 3.45. The van der Waals surface area contributed by atoms with Crippen LogP contribution in [0.15, 0.2) is 46.9 Å². The van der Waals surface area contributed by atoms with E-state index in [2.05, 4.69) is 15.6 Å².